The summed E-state index contributed by atoms with van der Waals surface area (Å²) in [6, 6.07) is 0. The largest absolute Gasteiger partial charge is 0.0533 e. The summed E-state index contributed by atoms with van der Waals surface area (Å²) in [6.07, 6.45) is 15.9. The van der Waals surface area contributed by atoms with E-state index in [9.17, 15) is 0 Å². The molecule has 63 valence electrons. The molecule has 0 aromatic carbocycles. The van der Waals surface area contributed by atoms with Gasteiger partial charge in [0.15, 0.2) is 0 Å². The molecule has 0 unspecified atom stereocenters. The molecule has 1 spiro atoms. The maximum Gasteiger partial charge on any atom is -0.0297 e. The van der Waals surface area contributed by atoms with Crippen molar-refractivity contribution in [2.24, 2.45) is 5.41 Å². The lowest BCUT2D eigenvalue weighted by molar-refractivity contribution is 0.140. The third kappa shape index (κ3) is 1.60. The van der Waals surface area contributed by atoms with Crippen LogP contribution < -0.4 is 0 Å². The second-order valence-corrected chi connectivity index (χ2v) is 4.43. The van der Waals surface area contributed by atoms with Crippen LogP contribution in [0.2, 0.25) is 0 Å². The Kier molecular flexibility index (Phi) is 2.20. The number of hydrogen-bond acceptors (Lipinski definition) is 0. The van der Waals surface area contributed by atoms with E-state index in [1.165, 1.54) is 44.9 Å². The maximum absolute atomic E-state index is 2.49. The zero-order valence-electron chi connectivity index (χ0n) is 7.44. The summed E-state index contributed by atoms with van der Waals surface area (Å²) in [5.41, 5.74) is 0.826. The van der Waals surface area contributed by atoms with Gasteiger partial charge in [0, 0.05) is 0 Å². The summed E-state index contributed by atoms with van der Waals surface area (Å²) in [7, 11) is 0. The van der Waals surface area contributed by atoms with Crippen LogP contribution in [-0.4, -0.2) is 0 Å². The highest BCUT2D eigenvalue weighted by Gasteiger charge is 2.32. The molecule has 0 N–H and O–H groups in total. The molecule has 0 atom stereocenters. The van der Waals surface area contributed by atoms with Crippen molar-refractivity contribution in [2.75, 3.05) is 0 Å². The Morgan fingerprint density at radius 1 is 0.727 bits per heavy atom. The molecule has 2 fully saturated rings. The molecule has 0 amide bonds. The first-order valence-corrected chi connectivity index (χ1v) is 5.23. The lowest BCUT2D eigenvalue weighted by Gasteiger charge is -2.40. The molecule has 11 heavy (non-hydrogen) atoms. The van der Waals surface area contributed by atoms with E-state index in [0.29, 0.717) is 0 Å². The molecular formula is C11H19. The summed E-state index contributed by atoms with van der Waals surface area (Å²) in [5.74, 6) is 0. The number of rotatable bonds is 0. The van der Waals surface area contributed by atoms with Crippen molar-refractivity contribution in [1.29, 1.82) is 0 Å². The molecular weight excluding hydrogens is 132 g/mol. The average Bonchev–Trinajstić information content (AvgIpc) is 2.07. The van der Waals surface area contributed by atoms with Crippen molar-refractivity contribution in [1.82, 2.24) is 0 Å². The number of hydrogen-bond donors (Lipinski definition) is 0. The van der Waals surface area contributed by atoms with Crippen LogP contribution in [0.25, 0.3) is 0 Å². The predicted molar refractivity (Wildman–Crippen MR) is 48.3 cm³/mol. The topological polar surface area (TPSA) is 0 Å². The summed E-state index contributed by atoms with van der Waals surface area (Å²) in [4.78, 5) is 0. The fraction of sp³-hybridized carbons (Fsp3) is 0.909. The van der Waals surface area contributed by atoms with Crippen LogP contribution in [0.1, 0.15) is 57.8 Å². The first kappa shape index (κ1) is 7.64. The molecule has 0 heteroatoms. The highest BCUT2D eigenvalue weighted by molar-refractivity contribution is 4.90. The predicted octanol–water partition coefficient (Wildman–Crippen LogP) is 3.72. The molecule has 2 aliphatic carbocycles. The fourth-order valence-corrected chi connectivity index (χ4v) is 2.89. The monoisotopic (exact) mass is 151 g/mol. The van der Waals surface area contributed by atoms with E-state index >= 15 is 0 Å². The van der Waals surface area contributed by atoms with Gasteiger partial charge in [-0.1, -0.05) is 19.3 Å². The zero-order chi connectivity index (χ0) is 7.57. The summed E-state index contributed by atoms with van der Waals surface area (Å²) in [5, 5.41) is 0. The molecule has 2 saturated carbocycles. The van der Waals surface area contributed by atoms with Crippen LogP contribution in [-0.2, 0) is 0 Å². The Bertz CT molecular complexity index is 94.5. The van der Waals surface area contributed by atoms with Gasteiger partial charge >= 0.3 is 0 Å². The highest BCUT2D eigenvalue weighted by atomic mass is 14.4. The Morgan fingerprint density at radius 3 is 2.00 bits per heavy atom. The van der Waals surface area contributed by atoms with Crippen molar-refractivity contribution in [3.8, 4) is 0 Å². The summed E-state index contributed by atoms with van der Waals surface area (Å²) in [6.45, 7) is 0. The van der Waals surface area contributed by atoms with Crippen LogP contribution in [0, 0.1) is 11.8 Å². The summed E-state index contributed by atoms with van der Waals surface area (Å²) < 4.78 is 0. The molecule has 0 saturated heterocycles. The molecule has 1 radical (unpaired) electrons. The van der Waals surface area contributed by atoms with E-state index in [0.717, 1.165) is 5.41 Å². The normalized spacial score (nSPS) is 30.5. The van der Waals surface area contributed by atoms with Crippen LogP contribution in [0.3, 0.4) is 0 Å². The van der Waals surface area contributed by atoms with Crippen molar-refractivity contribution >= 4 is 0 Å². The lowest BCUT2D eigenvalue weighted by atomic mass is 9.65. The Balaban J connectivity index is 1.94. The van der Waals surface area contributed by atoms with E-state index in [4.69, 9.17) is 0 Å². The Labute approximate surface area is 70.4 Å². The third-order valence-electron chi connectivity index (χ3n) is 3.67. The molecule has 0 heterocycles. The van der Waals surface area contributed by atoms with E-state index in [1.54, 1.807) is 12.8 Å². The van der Waals surface area contributed by atoms with Crippen molar-refractivity contribution in [3.05, 3.63) is 6.42 Å². The van der Waals surface area contributed by atoms with Gasteiger partial charge in [0.25, 0.3) is 0 Å². The van der Waals surface area contributed by atoms with Crippen LogP contribution >= 0.6 is 0 Å². The van der Waals surface area contributed by atoms with Gasteiger partial charge in [-0.25, -0.2) is 0 Å². The smallest absolute Gasteiger partial charge is 0.0297 e. The third-order valence-corrected chi connectivity index (χ3v) is 3.67. The molecule has 2 rings (SSSR count). The van der Waals surface area contributed by atoms with Gasteiger partial charge in [0.1, 0.15) is 0 Å². The lowest BCUT2D eigenvalue weighted by Crippen LogP contribution is -2.26. The SMILES string of the molecule is [CH]1CCC2(CC1)CCCCC2. The minimum absolute atomic E-state index is 0.826. The van der Waals surface area contributed by atoms with Crippen LogP contribution in [0.15, 0.2) is 0 Å². The fourth-order valence-electron chi connectivity index (χ4n) is 2.89. The maximum atomic E-state index is 2.49. The molecule has 0 aromatic rings. The van der Waals surface area contributed by atoms with Gasteiger partial charge in [-0.05, 0) is 50.4 Å². The summed E-state index contributed by atoms with van der Waals surface area (Å²) >= 11 is 0. The van der Waals surface area contributed by atoms with Crippen molar-refractivity contribution in [2.45, 2.75) is 57.8 Å². The zero-order valence-corrected chi connectivity index (χ0v) is 7.44. The second-order valence-electron chi connectivity index (χ2n) is 4.43. The van der Waals surface area contributed by atoms with Crippen LogP contribution in [0.5, 0.6) is 0 Å². The minimum Gasteiger partial charge on any atom is -0.0533 e. The highest BCUT2D eigenvalue weighted by Crippen LogP contribution is 2.46. The standard InChI is InChI=1S/C11H19/c1-3-7-11(8-4-1)9-5-2-6-10-11/h1H,2-10H2. The van der Waals surface area contributed by atoms with E-state index in [-0.39, 0.29) is 0 Å². The van der Waals surface area contributed by atoms with Gasteiger partial charge < -0.3 is 0 Å². The minimum atomic E-state index is 0.826. The van der Waals surface area contributed by atoms with E-state index in [2.05, 4.69) is 6.42 Å². The van der Waals surface area contributed by atoms with Gasteiger partial charge in [-0.15, -0.1) is 0 Å². The van der Waals surface area contributed by atoms with E-state index < -0.39 is 0 Å². The first-order valence-electron chi connectivity index (χ1n) is 5.23. The first-order chi connectivity index (χ1) is 5.41. The second kappa shape index (κ2) is 3.16. The van der Waals surface area contributed by atoms with Crippen molar-refractivity contribution in [3.63, 3.8) is 0 Å². The Morgan fingerprint density at radius 2 is 1.36 bits per heavy atom. The molecule has 0 nitrogen and oxygen atoms in total. The van der Waals surface area contributed by atoms with Gasteiger partial charge in [0.2, 0.25) is 0 Å². The van der Waals surface area contributed by atoms with E-state index in [1.807, 2.05) is 0 Å². The molecule has 0 bridgehead atoms. The molecule has 0 aromatic heterocycles. The molecule has 0 aliphatic heterocycles. The van der Waals surface area contributed by atoms with Crippen LogP contribution in [0.4, 0.5) is 0 Å². The quantitative estimate of drug-likeness (QED) is 0.495. The van der Waals surface area contributed by atoms with Gasteiger partial charge in [-0.2, -0.15) is 0 Å². The van der Waals surface area contributed by atoms with Gasteiger partial charge in [-0.3, -0.25) is 0 Å². The van der Waals surface area contributed by atoms with Crippen molar-refractivity contribution < 1.29 is 0 Å². The van der Waals surface area contributed by atoms with Gasteiger partial charge in [0.05, 0.1) is 0 Å². The average molecular weight is 151 g/mol. The molecule has 2 aliphatic rings. The Hall–Kier alpha value is 0.